The first-order valence-corrected chi connectivity index (χ1v) is 11.1. The molecule has 0 saturated carbocycles. The monoisotopic (exact) mass is 441 g/mol. The number of benzene rings is 1. The largest absolute Gasteiger partial charge is 0.396 e. The second-order valence-electron chi connectivity index (χ2n) is 8.19. The number of hydrogen-bond donors (Lipinski definition) is 2. The third kappa shape index (κ3) is 3.73. The molecule has 0 unspecified atom stereocenters. The molecule has 4 rings (SSSR count). The number of amides is 1. The van der Waals surface area contributed by atoms with Crippen LogP contribution in [0.1, 0.15) is 36.7 Å². The van der Waals surface area contributed by atoms with E-state index in [1.54, 1.807) is 4.57 Å². The van der Waals surface area contributed by atoms with Crippen LogP contribution >= 0.6 is 11.6 Å². The van der Waals surface area contributed by atoms with Gasteiger partial charge in [-0.05, 0) is 37.6 Å². The summed E-state index contributed by atoms with van der Waals surface area (Å²) >= 11 is 6.45. The zero-order valence-corrected chi connectivity index (χ0v) is 18.5. The number of fused-ring (bicyclic) bond motifs is 3. The molecule has 0 aliphatic carbocycles. The van der Waals surface area contributed by atoms with Gasteiger partial charge in [-0.1, -0.05) is 42.0 Å². The van der Waals surface area contributed by atoms with Gasteiger partial charge in [0.15, 0.2) is 0 Å². The Labute approximate surface area is 187 Å². The summed E-state index contributed by atoms with van der Waals surface area (Å²) in [5.74, 6) is -0.403. The molecule has 1 fully saturated rings. The standard InChI is InChI=1S/C24H28ClN3O3/c1-3-7-15-10-11-20-21-17(13-27(20)24(15)31)18(14-29)22(23(30)26-4-2)28(21)12-16-8-5-6-9-19(16)25/h3,5-11,17-18,21-22,29H,4,12-14H2,1-2H3,(H,26,30)/b7-3-/t17-,18-,21+,22-/m0/s1. The number of halogens is 1. The van der Waals surface area contributed by atoms with Crippen molar-refractivity contribution >= 4 is 23.6 Å². The number of likely N-dealkylation sites (tertiary alicyclic amines) is 1. The summed E-state index contributed by atoms with van der Waals surface area (Å²) in [6.45, 7) is 5.13. The number of allylic oxidation sites excluding steroid dienone is 1. The molecule has 164 valence electrons. The van der Waals surface area contributed by atoms with Gasteiger partial charge in [0, 0.05) is 54.4 Å². The molecule has 4 atom stereocenters. The quantitative estimate of drug-likeness (QED) is 0.722. The Kier molecular flexibility index (Phi) is 6.32. The maximum Gasteiger partial charge on any atom is 0.258 e. The number of aliphatic hydroxyl groups is 1. The summed E-state index contributed by atoms with van der Waals surface area (Å²) in [5.41, 5.74) is 2.42. The molecule has 1 saturated heterocycles. The molecule has 1 aromatic heterocycles. The van der Waals surface area contributed by atoms with E-state index < -0.39 is 6.04 Å². The molecule has 0 spiro atoms. The molecular weight excluding hydrogens is 414 g/mol. The van der Waals surface area contributed by atoms with Crippen molar-refractivity contribution in [1.29, 1.82) is 0 Å². The molecule has 1 aromatic carbocycles. The number of aliphatic hydroxyl groups excluding tert-OH is 1. The van der Waals surface area contributed by atoms with Crippen molar-refractivity contribution in [2.24, 2.45) is 11.8 Å². The van der Waals surface area contributed by atoms with Crippen molar-refractivity contribution in [1.82, 2.24) is 14.8 Å². The highest BCUT2D eigenvalue weighted by Gasteiger charge is 2.55. The Morgan fingerprint density at radius 2 is 2.06 bits per heavy atom. The van der Waals surface area contributed by atoms with Gasteiger partial charge in [0.05, 0.1) is 12.1 Å². The lowest BCUT2D eigenvalue weighted by Gasteiger charge is -2.31. The minimum atomic E-state index is -0.490. The smallest absolute Gasteiger partial charge is 0.258 e. The predicted molar refractivity (Wildman–Crippen MR) is 122 cm³/mol. The number of carbonyl (C=O) groups is 1. The molecule has 1 amide bonds. The van der Waals surface area contributed by atoms with E-state index in [2.05, 4.69) is 10.2 Å². The van der Waals surface area contributed by atoms with Crippen LogP contribution < -0.4 is 10.9 Å². The van der Waals surface area contributed by atoms with Gasteiger partial charge in [0.1, 0.15) is 0 Å². The number of nitrogens with zero attached hydrogens (tertiary/aromatic N) is 2. The van der Waals surface area contributed by atoms with Gasteiger partial charge in [0.2, 0.25) is 5.91 Å². The number of aromatic nitrogens is 1. The summed E-state index contributed by atoms with van der Waals surface area (Å²) in [5, 5.41) is 13.9. The normalized spacial score (nSPS) is 25.0. The van der Waals surface area contributed by atoms with Gasteiger partial charge in [0.25, 0.3) is 5.56 Å². The number of carbonyl (C=O) groups excluding carboxylic acids is 1. The second kappa shape index (κ2) is 8.99. The van der Waals surface area contributed by atoms with Gasteiger partial charge in [-0.25, -0.2) is 0 Å². The summed E-state index contributed by atoms with van der Waals surface area (Å²) in [6, 6.07) is 10.8. The van der Waals surface area contributed by atoms with Crippen LogP contribution in [-0.4, -0.2) is 39.7 Å². The lowest BCUT2D eigenvalue weighted by Crippen LogP contribution is -2.48. The summed E-state index contributed by atoms with van der Waals surface area (Å²) < 4.78 is 1.81. The van der Waals surface area contributed by atoms with E-state index >= 15 is 0 Å². The van der Waals surface area contributed by atoms with Crippen molar-refractivity contribution in [3.63, 3.8) is 0 Å². The molecule has 7 heteroatoms. The molecular formula is C24H28ClN3O3. The zero-order chi connectivity index (χ0) is 22.1. The lowest BCUT2D eigenvalue weighted by molar-refractivity contribution is -0.127. The van der Waals surface area contributed by atoms with Crippen LogP contribution in [0.25, 0.3) is 6.08 Å². The summed E-state index contributed by atoms with van der Waals surface area (Å²) in [4.78, 5) is 28.2. The van der Waals surface area contributed by atoms with E-state index in [1.807, 2.05) is 62.4 Å². The highest BCUT2D eigenvalue weighted by molar-refractivity contribution is 6.31. The molecule has 0 radical (unpaired) electrons. The molecule has 31 heavy (non-hydrogen) atoms. The first kappa shape index (κ1) is 21.8. The van der Waals surface area contributed by atoms with Crippen molar-refractivity contribution in [3.05, 3.63) is 74.7 Å². The Bertz CT molecular complexity index is 1060. The number of likely N-dealkylation sites (N-methyl/N-ethyl adjacent to an activating group) is 1. The third-order valence-electron chi connectivity index (χ3n) is 6.50. The Balaban J connectivity index is 1.81. The second-order valence-corrected chi connectivity index (χ2v) is 8.59. The van der Waals surface area contributed by atoms with Gasteiger partial charge in [-0.15, -0.1) is 0 Å². The molecule has 3 heterocycles. The summed E-state index contributed by atoms with van der Waals surface area (Å²) in [7, 11) is 0. The fourth-order valence-electron chi connectivity index (χ4n) is 5.21. The van der Waals surface area contributed by atoms with Crippen LogP contribution in [0.5, 0.6) is 0 Å². The lowest BCUT2D eigenvalue weighted by atomic mass is 9.88. The molecule has 2 N–H and O–H groups in total. The molecule has 2 aliphatic rings. The highest BCUT2D eigenvalue weighted by atomic mass is 35.5. The van der Waals surface area contributed by atoms with E-state index in [1.165, 1.54) is 0 Å². The zero-order valence-electron chi connectivity index (χ0n) is 17.8. The van der Waals surface area contributed by atoms with E-state index in [9.17, 15) is 14.7 Å². The Morgan fingerprint density at radius 3 is 2.74 bits per heavy atom. The van der Waals surface area contributed by atoms with Crippen LogP contribution in [-0.2, 0) is 17.9 Å². The van der Waals surface area contributed by atoms with Crippen LogP contribution in [0, 0.1) is 11.8 Å². The van der Waals surface area contributed by atoms with Crippen LogP contribution in [0.15, 0.2) is 47.3 Å². The third-order valence-corrected chi connectivity index (χ3v) is 6.87. The fraction of sp³-hybridized carbons (Fsp3) is 0.417. The van der Waals surface area contributed by atoms with E-state index in [4.69, 9.17) is 11.6 Å². The van der Waals surface area contributed by atoms with E-state index in [-0.39, 0.29) is 36.0 Å². The predicted octanol–water partition coefficient (Wildman–Crippen LogP) is 2.83. The minimum Gasteiger partial charge on any atom is -0.396 e. The SMILES string of the molecule is C/C=C\c1ccc2n(c1=O)C[C@H]1[C@H](CO)[C@@H](C(=O)NCC)N(Cc3ccccc3Cl)[C@@H]21. The van der Waals surface area contributed by atoms with Gasteiger partial charge in [-0.3, -0.25) is 14.5 Å². The minimum absolute atomic E-state index is 0.0334. The number of rotatable bonds is 6. The Morgan fingerprint density at radius 1 is 1.29 bits per heavy atom. The maximum absolute atomic E-state index is 13.1. The van der Waals surface area contributed by atoms with E-state index in [0.29, 0.717) is 30.2 Å². The molecule has 6 nitrogen and oxygen atoms in total. The molecule has 0 bridgehead atoms. The fourth-order valence-corrected chi connectivity index (χ4v) is 5.41. The number of nitrogens with one attached hydrogen (secondary N) is 1. The first-order chi connectivity index (χ1) is 15.0. The first-order valence-electron chi connectivity index (χ1n) is 10.8. The van der Waals surface area contributed by atoms with Crippen molar-refractivity contribution in [2.75, 3.05) is 13.2 Å². The Hall–Kier alpha value is -2.41. The maximum atomic E-state index is 13.1. The number of pyridine rings is 1. The van der Waals surface area contributed by atoms with Crippen LogP contribution in [0.4, 0.5) is 0 Å². The average molecular weight is 442 g/mol. The molecule has 2 aliphatic heterocycles. The average Bonchev–Trinajstić information content (AvgIpc) is 3.27. The van der Waals surface area contributed by atoms with Crippen molar-refractivity contribution in [3.8, 4) is 0 Å². The van der Waals surface area contributed by atoms with E-state index in [0.717, 1.165) is 11.3 Å². The van der Waals surface area contributed by atoms with Gasteiger partial charge < -0.3 is 15.0 Å². The topological polar surface area (TPSA) is 74.6 Å². The van der Waals surface area contributed by atoms with Gasteiger partial charge in [-0.2, -0.15) is 0 Å². The number of hydrogen-bond acceptors (Lipinski definition) is 4. The molecule has 2 aromatic rings. The van der Waals surface area contributed by atoms with Crippen LogP contribution in [0.2, 0.25) is 5.02 Å². The summed E-state index contributed by atoms with van der Waals surface area (Å²) in [6.07, 6.45) is 3.66. The highest BCUT2D eigenvalue weighted by Crippen LogP contribution is 2.50. The van der Waals surface area contributed by atoms with Crippen LogP contribution in [0.3, 0.4) is 0 Å². The van der Waals surface area contributed by atoms with Crippen molar-refractivity contribution < 1.29 is 9.90 Å². The van der Waals surface area contributed by atoms with Crippen molar-refractivity contribution in [2.45, 2.75) is 39.0 Å². The van der Waals surface area contributed by atoms with Gasteiger partial charge >= 0.3 is 0 Å².